The lowest BCUT2D eigenvalue weighted by molar-refractivity contribution is 0.244. The second kappa shape index (κ2) is 6.32. The summed E-state index contributed by atoms with van der Waals surface area (Å²) >= 11 is 5.98. The number of benzene rings is 1. The fraction of sp³-hybridized carbons (Fsp3) is 0.368. The van der Waals surface area contributed by atoms with Gasteiger partial charge in [0, 0.05) is 28.9 Å². The molecular formula is C19H21ClN4O. The number of aromatic amines is 1. The van der Waals surface area contributed by atoms with Gasteiger partial charge in [0.25, 0.3) is 5.56 Å². The van der Waals surface area contributed by atoms with Crippen molar-refractivity contribution in [1.82, 2.24) is 19.5 Å². The highest BCUT2D eigenvalue weighted by Crippen LogP contribution is 2.32. The van der Waals surface area contributed by atoms with Gasteiger partial charge in [0.2, 0.25) is 0 Å². The summed E-state index contributed by atoms with van der Waals surface area (Å²) in [6, 6.07) is 10.3. The molecule has 0 bridgehead atoms. The third kappa shape index (κ3) is 2.98. The number of nitrogens with one attached hydrogen (secondary N) is 1. The van der Waals surface area contributed by atoms with Crippen molar-refractivity contribution in [3.8, 4) is 0 Å². The Bertz CT molecular complexity index is 973. The summed E-state index contributed by atoms with van der Waals surface area (Å²) in [7, 11) is 0. The van der Waals surface area contributed by atoms with E-state index in [1.54, 1.807) is 4.52 Å². The molecule has 1 aliphatic heterocycles. The van der Waals surface area contributed by atoms with E-state index in [2.05, 4.69) is 27.1 Å². The lowest BCUT2D eigenvalue weighted by Crippen LogP contribution is -2.24. The van der Waals surface area contributed by atoms with Gasteiger partial charge < -0.3 is 0 Å². The average molecular weight is 357 g/mol. The monoisotopic (exact) mass is 356 g/mol. The van der Waals surface area contributed by atoms with Crippen LogP contribution in [0.3, 0.4) is 0 Å². The highest BCUT2D eigenvalue weighted by Gasteiger charge is 2.28. The summed E-state index contributed by atoms with van der Waals surface area (Å²) in [6.45, 7) is 5.62. The van der Waals surface area contributed by atoms with Crippen LogP contribution in [0.25, 0.3) is 5.65 Å². The lowest BCUT2D eigenvalue weighted by atomic mass is 10.1. The van der Waals surface area contributed by atoms with E-state index in [1.165, 1.54) is 5.56 Å². The Kier molecular flexibility index (Phi) is 4.13. The van der Waals surface area contributed by atoms with Crippen LogP contribution in [0.5, 0.6) is 0 Å². The van der Waals surface area contributed by atoms with Crippen LogP contribution >= 0.6 is 11.6 Å². The minimum absolute atomic E-state index is 0.0176. The molecule has 3 aromatic rings. The highest BCUT2D eigenvalue weighted by atomic mass is 35.5. The van der Waals surface area contributed by atoms with Gasteiger partial charge in [0.05, 0.1) is 11.7 Å². The quantitative estimate of drug-likeness (QED) is 0.779. The molecule has 0 amide bonds. The van der Waals surface area contributed by atoms with E-state index < -0.39 is 0 Å². The first-order valence-corrected chi connectivity index (χ1v) is 8.98. The molecule has 1 aromatic carbocycles. The minimum Gasteiger partial charge on any atom is -0.292 e. The molecule has 4 rings (SSSR count). The summed E-state index contributed by atoms with van der Waals surface area (Å²) in [5.41, 5.74) is 4.46. The minimum atomic E-state index is -0.0176. The van der Waals surface area contributed by atoms with Crippen LogP contribution in [0.15, 0.2) is 35.1 Å². The third-order valence-electron chi connectivity index (χ3n) is 5.13. The van der Waals surface area contributed by atoms with E-state index in [9.17, 15) is 4.79 Å². The summed E-state index contributed by atoms with van der Waals surface area (Å²) in [5, 5.41) is 4.04. The van der Waals surface area contributed by atoms with Gasteiger partial charge in [-0.1, -0.05) is 23.7 Å². The molecule has 3 heterocycles. The Morgan fingerprint density at radius 1 is 1.28 bits per heavy atom. The molecule has 0 spiro atoms. The molecule has 25 heavy (non-hydrogen) atoms. The molecule has 1 unspecified atom stereocenters. The van der Waals surface area contributed by atoms with E-state index in [0.29, 0.717) is 11.2 Å². The number of hydrogen-bond donors (Lipinski definition) is 1. The summed E-state index contributed by atoms with van der Waals surface area (Å²) in [6.07, 6.45) is 2.22. The fourth-order valence-electron chi connectivity index (χ4n) is 3.60. The Morgan fingerprint density at radius 3 is 2.80 bits per heavy atom. The van der Waals surface area contributed by atoms with E-state index in [-0.39, 0.29) is 11.6 Å². The van der Waals surface area contributed by atoms with Crippen molar-refractivity contribution in [2.75, 3.05) is 6.54 Å². The second-order valence-electron chi connectivity index (χ2n) is 6.79. The number of halogens is 1. The highest BCUT2D eigenvalue weighted by molar-refractivity contribution is 6.30. The number of rotatable bonds is 3. The van der Waals surface area contributed by atoms with Gasteiger partial charge in [-0.3, -0.25) is 14.8 Å². The lowest BCUT2D eigenvalue weighted by Gasteiger charge is -2.23. The fourth-order valence-corrected chi connectivity index (χ4v) is 3.73. The van der Waals surface area contributed by atoms with Gasteiger partial charge in [0.15, 0.2) is 5.65 Å². The number of H-pyrrole nitrogens is 1. The number of fused-ring (bicyclic) bond motifs is 1. The van der Waals surface area contributed by atoms with Gasteiger partial charge in [0.1, 0.15) is 0 Å². The first kappa shape index (κ1) is 16.4. The van der Waals surface area contributed by atoms with Crippen molar-refractivity contribution in [2.45, 2.75) is 39.3 Å². The van der Waals surface area contributed by atoms with Crippen LogP contribution in [0.2, 0.25) is 5.02 Å². The molecule has 0 radical (unpaired) electrons. The molecule has 1 N–H and O–H groups in total. The Labute approximate surface area is 151 Å². The average Bonchev–Trinajstić information content (AvgIpc) is 3.21. The van der Waals surface area contributed by atoms with Crippen LogP contribution in [0.4, 0.5) is 0 Å². The number of aromatic nitrogens is 3. The number of aryl methyl sites for hydroxylation is 1. The van der Waals surface area contributed by atoms with Gasteiger partial charge >= 0.3 is 0 Å². The molecule has 2 aromatic heterocycles. The van der Waals surface area contributed by atoms with Crippen LogP contribution in [-0.2, 0) is 6.54 Å². The SMILES string of the molecule is Cc1nc2cc(C3CCCN3Cc3ccc(Cl)cc3)[nH]n2c(=O)c1C. The molecule has 1 aliphatic rings. The van der Waals surface area contributed by atoms with E-state index in [4.69, 9.17) is 11.6 Å². The van der Waals surface area contributed by atoms with Crippen LogP contribution in [0.1, 0.15) is 41.4 Å². The Balaban J connectivity index is 1.66. The third-order valence-corrected chi connectivity index (χ3v) is 5.38. The van der Waals surface area contributed by atoms with Crippen molar-refractivity contribution in [1.29, 1.82) is 0 Å². The summed E-state index contributed by atoms with van der Waals surface area (Å²) in [4.78, 5) is 19.4. The zero-order chi connectivity index (χ0) is 17.6. The van der Waals surface area contributed by atoms with Crippen molar-refractivity contribution >= 4 is 17.2 Å². The largest absolute Gasteiger partial charge is 0.292 e. The molecule has 6 heteroatoms. The second-order valence-corrected chi connectivity index (χ2v) is 7.22. The van der Waals surface area contributed by atoms with Crippen LogP contribution in [-0.4, -0.2) is 26.0 Å². The van der Waals surface area contributed by atoms with Crippen LogP contribution < -0.4 is 5.56 Å². The molecule has 0 saturated carbocycles. The van der Waals surface area contributed by atoms with E-state index in [0.717, 1.165) is 42.3 Å². The van der Waals surface area contributed by atoms with Crippen LogP contribution in [0, 0.1) is 13.8 Å². The Hall–Kier alpha value is -2.11. The van der Waals surface area contributed by atoms with E-state index >= 15 is 0 Å². The molecule has 5 nitrogen and oxygen atoms in total. The normalized spacial score (nSPS) is 18.3. The van der Waals surface area contributed by atoms with Gasteiger partial charge in [-0.25, -0.2) is 9.50 Å². The molecule has 1 saturated heterocycles. The number of likely N-dealkylation sites (tertiary alicyclic amines) is 1. The van der Waals surface area contributed by atoms with Gasteiger partial charge in [-0.15, -0.1) is 0 Å². The smallest absolute Gasteiger partial charge is 0.275 e. The number of hydrogen-bond acceptors (Lipinski definition) is 3. The molecule has 1 atom stereocenters. The van der Waals surface area contributed by atoms with Gasteiger partial charge in [-0.2, -0.15) is 0 Å². The standard InChI is InChI=1S/C19H21ClN4O/c1-12-13(2)21-18-10-16(22-24(18)19(12)25)17-4-3-9-23(17)11-14-5-7-15(20)8-6-14/h5-8,10,17,22H,3-4,9,11H2,1-2H3. The zero-order valence-corrected chi connectivity index (χ0v) is 15.2. The number of nitrogens with zero attached hydrogens (tertiary/aromatic N) is 3. The molecule has 1 fully saturated rings. The maximum atomic E-state index is 12.4. The van der Waals surface area contributed by atoms with Gasteiger partial charge in [-0.05, 0) is 50.9 Å². The molecular weight excluding hydrogens is 336 g/mol. The van der Waals surface area contributed by atoms with E-state index in [1.807, 2.05) is 32.0 Å². The first-order valence-electron chi connectivity index (χ1n) is 8.60. The van der Waals surface area contributed by atoms with Crippen molar-refractivity contribution < 1.29 is 0 Å². The maximum Gasteiger partial charge on any atom is 0.275 e. The predicted molar refractivity (Wildman–Crippen MR) is 99.1 cm³/mol. The summed E-state index contributed by atoms with van der Waals surface area (Å²) < 4.78 is 1.57. The van der Waals surface area contributed by atoms with Crippen molar-refractivity contribution in [2.24, 2.45) is 0 Å². The summed E-state index contributed by atoms with van der Waals surface area (Å²) in [5.74, 6) is 0. The predicted octanol–water partition coefficient (Wildman–Crippen LogP) is 3.63. The van der Waals surface area contributed by atoms with Crippen molar-refractivity contribution in [3.05, 3.63) is 68.2 Å². The Morgan fingerprint density at radius 2 is 2.04 bits per heavy atom. The first-order chi connectivity index (χ1) is 12.0. The molecule has 0 aliphatic carbocycles. The molecule has 130 valence electrons. The zero-order valence-electron chi connectivity index (χ0n) is 14.4. The topological polar surface area (TPSA) is 53.4 Å². The maximum absolute atomic E-state index is 12.4. The van der Waals surface area contributed by atoms with Crippen molar-refractivity contribution in [3.63, 3.8) is 0 Å².